The second kappa shape index (κ2) is 9.23. The molecule has 7 nitrogen and oxygen atoms in total. The molecule has 0 amide bonds. The maximum atomic E-state index is 14.8. The van der Waals surface area contributed by atoms with E-state index in [1.165, 1.54) is 17.0 Å². The minimum Gasteiger partial charge on any atom is -0.378 e. The monoisotopic (exact) mass is 427 g/mol. The summed E-state index contributed by atoms with van der Waals surface area (Å²) in [5.41, 5.74) is 7.88. The van der Waals surface area contributed by atoms with Gasteiger partial charge in [-0.3, -0.25) is 0 Å². The van der Waals surface area contributed by atoms with Crippen LogP contribution in [-0.2, 0) is 11.3 Å². The Balaban J connectivity index is 1.61. The molecule has 31 heavy (non-hydrogen) atoms. The number of hydrogen-bond acceptors (Lipinski definition) is 5. The highest BCUT2D eigenvalue weighted by atomic mass is 19.1. The van der Waals surface area contributed by atoms with Crippen LogP contribution in [0.2, 0.25) is 0 Å². The molecule has 162 valence electrons. The lowest BCUT2D eigenvalue weighted by Crippen LogP contribution is -2.36. The zero-order valence-corrected chi connectivity index (χ0v) is 16.9. The first-order valence-electron chi connectivity index (χ1n) is 9.96. The Morgan fingerprint density at radius 3 is 2.65 bits per heavy atom. The number of halogens is 2. The van der Waals surface area contributed by atoms with Gasteiger partial charge in [-0.1, -0.05) is 18.2 Å². The minimum absolute atomic E-state index is 0.00268. The van der Waals surface area contributed by atoms with Crippen molar-refractivity contribution in [2.75, 3.05) is 37.7 Å². The molecule has 0 spiro atoms. The van der Waals surface area contributed by atoms with Crippen molar-refractivity contribution in [2.24, 2.45) is 5.73 Å². The van der Waals surface area contributed by atoms with E-state index in [0.717, 1.165) is 10.2 Å². The molecular formula is C22H23F2N5O2. The van der Waals surface area contributed by atoms with Gasteiger partial charge in [0.1, 0.15) is 12.1 Å². The maximum absolute atomic E-state index is 14.8. The van der Waals surface area contributed by atoms with Gasteiger partial charge in [-0.2, -0.15) is 5.10 Å². The van der Waals surface area contributed by atoms with Gasteiger partial charge in [0.2, 0.25) is 0 Å². The highest BCUT2D eigenvalue weighted by molar-refractivity contribution is 5.68. The van der Waals surface area contributed by atoms with Crippen molar-refractivity contribution < 1.29 is 13.5 Å². The van der Waals surface area contributed by atoms with E-state index in [2.05, 4.69) is 5.10 Å². The van der Waals surface area contributed by atoms with E-state index in [1.54, 1.807) is 24.3 Å². The number of benzene rings is 2. The van der Waals surface area contributed by atoms with Crippen molar-refractivity contribution in [3.05, 3.63) is 77.0 Å². The molecule has 2 N–H and O–H groups in total. The number of anilines is 1. The fourth-order valence-corrected chi connectivity index (χ4v) is 3.54. The smallest absolute Gasteiger partial charge is 0.350 e. The van der Waals surface area contributed by atoms with Crippen molar-refractivity contribution >= 4 is 5.69 Å². The summed E-state index contributed by atoms with van der Waals surface area (Å²) in [6.45, 7) is 2.45. The van der Waals surface area contributed by atoms with Crippen molar-refractivity contribution in [3.8, 4) is 16.8 Å². The van der Waals surface area contributed by atoms with E-state index in [4.69, 9.17) is 10.5 Å². The van der Waals surface area contributed by atoms with Crippen LogP contribution in [-0.4, -0.2) is 47.2 Å². The van der Waals surface area contributed by atoms with Gasteiger partial charge in [0.05, 0.1) is 37.5 Å². The number of nitrogens with zero attached hydrogens (tertiary/aromatic N) is 4. The number of morpholine rings is 1. The van der Waals surface area contributed by atoms with Crippen LogP contribution in [0, 0.1) is 5.82 Å². The van der Waals surface area contributed by atoms with Gasteiger partial charge in [0.25, 0.3) is 0 Å². The first kappa shape index (κ1) is 21.0. The Morgan fingerprint density at radius 2 is 1.94 bits per heavy atom. The minimum atomic E-state index is -0.418. The summed E-state index contributed by atoms with van der Waals surface area (Å²) in [6, 6.07) is 12.3. The van der Waals surface area contributed by atoms with Crippen LogP contribution in [0.25, 0.3) is 16.8 Å². The zero-order valence-electron chi connectivity index (χ0n) is 16.9. The van der Waals surface area contributed by atoms with Crippen LogP contribution in [0.3, 0.4) is 0 Å². The van der Waals surface area contributed by atoms with Crippen LogP contribution < -0.4 is 16.3 Å². The van der Waals surface area contributed by atoms with Crippen LogP contribution in [0.15, 0.2) is 65.5 Å². The second-order valence-electron chi connectivity index (χ2n) is 7.23. The first-order chi connectivity index (χ1) is 15.1. The third-order valence-electron chi connectivity index (χ3n) is 5.26. The Labute approximate surface area is 178 Å². The predicted molar refractivity (Wildman–Crippen MR) is 114 cm³/mol. The third kappa shape index (κ3) is 4.42. The average molecular weight is 427 g/mol. The van der Waals surface area contributed by atoms with Crippen LogP contribution in [0.5, 0.6) is 0 Å². The molecule has 1 aromatic heterocycles. The van der Waals surface area contributed by atoms with E-state index in [1.807, 2.05) is 17.0 Å². The molecule has 0 saturated carbocycles. The summed E-state index contributed by atoms with van der Waals surface area (Å²) < 4.78 is 35.4. The van der Waals surface area contributed by atoms with Crippen molar-refractivity contribution in [3.63, 3.8) is 0 Å². The lowest BCUT2D eigenvalue weighted by atomic mass is 10.0. The molecule has 1 aliphatic heterocycles. The summed E-state index contributed by atoms with van der Waals surface area (Å²) in [5.74, 6) is -0.304. The molecule has 3 aromatic rings. The number of rotatable bonds is 6. The zero-order chi connectivity index (χ0) is 21.8. The molecule has 1 aliphatic rings. The van der Waals surface area contributed by atoms with E-state index in [9.17, 15) is 13.6 Å². The Hall–Kier alpha value is -3.30. The average Bonchev–Trinajstić information content (AvgIpc) is 3.18. The van der Waals surface area contributed by atoms with Gasteiger partial charge in [0.15, 0.2) is 0 Å². The summed E-state index contributed by atoms with van der Waals surface area (Å²) in [5, 5.41) is 4.04. The molecule has 2 heterocycles. The molecule has 4 rings (SSSR count). The number of hydrogen-bond donors (Lipinski definition) is 1. The van der Waals surface area contributed by atoms with Crippen molar-refractivity contribution in [2.45, 2.75) is 6.54 Å². The van der Waals surface area contributed by atoms with Crippen LogP contribution in [0.4, 0.5) is 14.5 Å². The molecule has 0 aliphatic carbocycles. The lowest BCUT2D eigenvalue weighted by Gasteiger charge is -2.29. The number of nitrogens with two attached hydrogens (primary N) is 1. The predicted octanol–water partition coefficient (Wildman–Crippen LogP) is 2.49. The van der Waals surface area contributed by atoms with E-state index >= 15 is 0 Å². The van der Waals surface area contributed by atoms with Gasteiger partial charge in [-0.25, -0.2) is 22.8 Å². The first-order valence-corrected chi connectivity index (χ1v) is 9.96. The van der Waals surface area contributed by atoms with Crippen molar-refractivity contribution in [1.82, 2.24) is 14.3 Å². The van der Waals surface area contributed by atoms with Crippen LogP contribution >= 0.6 is 0 Å². The molecule has 2 aromatic carbocycles. The Bertz CT molecular complexity index is 1150. The summed E-state index contributed by atoms with van der Waals surface area (Å²) in [6.07, 6.45) is 1.76. The third-order valence-corrected chi connectivity index (χ3v) is 5.26. The largest absolute Gasteiger partial charge is 0.378 e. The SMILES string of the molecule is NC/C(=C\F)Cn1ncn(-c2cccc(-c3ccc(N4CCOCC4)c(F)c3)c2)c1=O. The molecule has 1 saturated heterocycles. The standard InChI is InChI=1S/C22H23F2N5O2/c23-12-16(13-25)14-29-22(30)28(15-26-29)19-3-1-2-17(10-19)18-4-5-21(20(24)11-18)27-6-8-31-9-7-27/h1-5,10-12,15H,6-9,13-14,25H2/b16-12+. The molecule has 0 bridgehead atoms. The molecular weight excluding hydrogens is 404 g/mol. The summed E-state index contributed by atoms with van der Waals surface area (Å²) in [4.78, 5) is 14.6. The molecule has 9 heteroatoms. The van der Waals surface area contributed by atoms with E-state index in [-0.39, 0.29) is 24.5 Å². The molecule has 0 radical (unpaired) electrons. The maximum Gasteiger partial charge on any atom is 0.350 e. The highest BCUT2D eigenvalue weighted by Gasteiger charge is 2.16. The number of aromatic nitrogens is 3. The van der Waals surface area contributed by atoms with Gasteiger partial charge in [0, 0.05) is 19.6 Å². The van der Waals surface area contributed by atoms with Crippen LogP contribution in [0.1, 0.15) is 0 Å². The second-order valence-corrected chi connectivity index (χ2v) is 7.23. The Morgan fingerprint density at radius 1 is 1.16 bits per heavy atom. The summed E-state index contributed by atoms with van der Waals surface area (Å²) in [7, 11) is 0. The van der Waals surface area contributed by atoms with Gasteiger partial charge >= 0.3 is 5.69 Å². The van der Waals surface area contributed by atoms with Crippen molar-refractivity contribution in [1.29, 1.82) is 0 Å². The van der Waals surface area contributed by atoms with Gasteiger partial charge < -0.3 is 15.4 Å². The number of ether oxygens (including phenoxy) is 1. The fraction of sp³-hybridized carbons (Fsp3) is 0.273. The normalized spacial score (nSPS) is 14.8. The topological polar surface area (TPSA) is 78.3 Å². The molecule has 0 unspecified atom stereocenters. The van der Waals surface area contributed by atoms with Gasteiger partial charge in [-0.05, 0) is 41.0 Å². The summed E-state index contributed by atoms with van der Waals surface area (Å²) >= 11 is 0. The fourth-order valence-electron chi connectivity index (χ4n) is 3.54. The van der Waals surface area contributed by atoms with E-state index in [0.29, 0.717) is 49.6 Å². The lowest BCUT2D eigenvalue weighted by molar-refractivity contribution is 0.122. The van der Waals surface area contributed by atoms with E-state index < -0.39 is 5.69 Å². The van der Waals surface area contributed by atoms with Gasteiger partial charge in [-0.15, -0.1) is 0 Å². The molecule has 0 atom stereocenters. The highest BCUT2D eigenvalue weighted by Crippen LogP contribution is 2.28. The quantitative estimate of drug-likeness (QED) is 0.654. The Kier molecular flexibility index (Phi) is 6.24. The molecule has 1 fully saturated rings.